The zero-order valence-corrected chi connectivity index (χ0v) is 11.3. The zero-order valence-electron chi connectivity index (χ0n) is 11.3. The van der Waals surface area contributed by atoms with Crippen molar-refractivity contribution in [3.8, 4) is 0 Å². The van der Waals surface area contributed by atoms with Gasteiger partial charge in [-0.15, -0.1) is 0 Å². The minimum Gasteiger partial charge on any atom is -0.478 e. The Kier molecular flexibility index (Phi) is 4.35. The normalized spacial score (nSPS) is 11.1. The van der Waals surface area contributed by atoms with Crippen LogP contribution in [0.3, 0.4) is 0 Å². The number of hydrogen-bond donors (Lipinski definition) is 2. The summed E-state index contributed by atoms with van der Waals surface area (Å²) in [6.07, 6.45) is -4.91. The largest absolute Gasteiger partial charge is 0.478 e. The number of carboxylic acid groups (broad SMARTS) is 1. The minimum absolute atomic E-state index is 0.295. The van der Waals surface area contributed by atoms with Crippen LogP contribution >= 0.6 is 0 Å². The van der Waals surface area contributed by atoms with Crippen molar-refractivity contribution in [1.82, 2.24) is 0 Å². The molecular formula is C15H9F4NO3. The molecule has 0 unspecified atom stereocenters. The third-order valence-corrected chi connectivity index (χ3v) is 2.95. The van der Waals surface area contributed by atoms with Gasteiger partial charge in [-0.05, 0) is 24.3 Å². The summed E-state index contributed by atoms with van der Waals surface area (Å²) in [4.78, 5) is 23.1. The van der Waals surface area contributed by atoms with Crippen LogP contribution in [-0.2, 0) is 6.18 Å². The molecule has 2 aromatic carbocycles. The highest BCUT2D eigenvalue weighted by Crippen LogP contribution is 2.34. The van der Waals surface area contributed by atoms with Gasteiger partial charge >= 0.3 is 12.1 Å². The lowest BCUT2D eigenvalue weighted by molar-refractivity contribution is -0.139. The lowest BCUT2D eigenvalue weighted by atomic mass is 10.1. The number of benzene rings is 2. The zero-order chi connectivity index (χ0) is 17.2. The molecule has 2 N–H and O–H groups in total. The minimum atomic E-state index is -4.91. The Bertz CT molecular complexity index is 772. The van der Waals surface area contributed by atoms with Crippen LogP contribution in [0.5, 0.6) is 0 Å². The highest BCUT2D eigenvalue weighted by atomic mass is 19.4. The van der Waals surface area contributed by atoms with Crippen molar-refractivity contribution in [3.63, 3.8) is 0 Å². The van der Waals surface area contributed by atoms with Gasteiger partial charge < -0.3 is 10.4 Å². The number of hydrogen-bond acceptors (Lipinski definition) is 2. The Labute approximate surface area is 127 Å². The summed E-state index contributed by atoms with van der Waals surface area (Å²) in [6, 6.07) is 7.51. The molecule has 0 atom stereocenters. The molecule has 8 heteroatoms. The van der Waals surface area contributed by atoms with Crippen molar-refractivity contribution in [2.75, 3.05) is 5.32 Å². The monoisotopic (exact) mass is 327 g/mol. The Morgan fingerprint density at radius 3 is 2.13 bits per heavy atom. The smallest absolute Gasteiger partial charge is 0.419 e. The van der Waals surface area contributed by atoms with Crippen LogP contribution < -0.4 is 5.32 Å². The van der Waals surface area contributed by atoms with Gasteiger partial charge in [-0.3, -0.25) is 4.79 Å². The van der Waals surface area contributed by atoms with Gasteiger partial charge in [0.25, 0.3) is 5.91 Å². The maximum atomic E-state index is 13.9. The van der Waals surface area contributed by atoms with E-state index in [-0.39, 0.29) is 11.1 Å². The summed E-state index contributed by atoms with van der Waals surface area (Å²) in [5.41, 5.74) is -2.86. The van der Waals surface area contributed by atoms with Crippen LogP contribution in [0, 0.1) is 5.82 Å². The van der Waals surface area contributed by atoms with E-state index in [1.165, 1.54) is 18.2 Å². The Morgan fingerprint density at radius 2 is 1.57 bits per heavy atom. The molecule has 120 valence electrons. The van der Waals surface area contributed by atoms with E-state index in [1.54, 1.807) is 0 Å². The molecule has 0 aliphatic heterocycles. The fourth-order valence-corrected chi connectivity index (χ4v) is 1.90. The number of nitrogens with one attached hydrogen (secondary N) is 1. The molecule has 0 saturated heterocycles. The quantitative estimate of drug-likeness (QED) is 0.843. The Balaban J connectivity index is 2.38. The molecule has 4 nitrogen and oxygen atoms in total. The predicted octanol–water partition coefficient (Wildman–Crippen LogP) is 3.80. The molecular weight excluding hydrogens is 318 g/mol. The summed E-state index contributed by atoms with van der Waals surface area (Å²) >= 11 is 0. The second-order valence-electron chi connectivity index (χ2n) is 4.47. The number of rotatable bonds is 3. The summed E-state index contributed by atoms with van der Waals surface area (Å²) in [5.74, 6) is -4.05. The summed E-state index contributed by atoms with van der Waals surface area (Å²) in [6.45, 7) is 0. The summed E-state index contributed by atoms with van der Waals surface area (Å²) < 4.78 is 51.7. The molecule has 0 saturated carbocycles. The van der Waals surface area contributed by atoms with E-state index in [0.29, 0.717) is 6.07 Å². The first-order valence-electron chi connectivity index (χ1n) is 6.21. The van der Waals surface area contributed by atoms with Crippen LogP contribution in [0.1, 0.15) is 26.3 Å². The number of amides is 1. The summed E-state index contributed by atoms with van der Waals surface area (Å²) in [7, 11) is 0. The second-order valence-corrected chi connectivity index (χ2v) is 4.47. The first-order chi connectivity index (χ1) is 10.7. The topological polar surface area (TPSA) is 66.4 Å². The molecule has 0 spiro atoms. The van der Waals surface area contributed by atoms with Gasteiger partial charge in [-0.1, -0.05) is 18.2 Å². The molecule has 1 amide bonds. The highest BCUT2D eigenvalue weighted by molar-refractivity contribution is 6.10. The van der Waals surface area contributed by atoms with Crippen molar-refractivity contribution < 1.29 is 32.3 Å². The second kappa shape index (κ2) is 6.07. The maximum absolute atomic E-state index is 13.9. The van der Waals surface area contributed by atoms with E-state index < -0.39 is 35.1 Å². The summed E-state index contributed by atoms with van der Waals surface area (Å²) in [5, 5.41) is 10.9. The maximum Gasteiger partial charge on any atom is 0.419 e. The Morgan fingerprint density at radius 1 is 0.957 bits per heavy atom. The molecule has 0 heterocycles. The molecule has 0 fully saturated rings. The first kappa shape index (κ1) is 16.5. The van der Waals surface area contributed by atoms with Crippen LogP contribution in [0.15, 0.2) is 42.5 Å². The number of carboxylic acids is 1. The average molecular weight is 327 g/mol. The van der Waals surface area contributed by atoms with Crippen LogP contribution in [0.2, 0.25) is 0 Å². The lowest BCUT2D eigenvalue weighted by Crippen LogP contribution is -2.18. The van der Waals surface area contributed by atoms with Crippen molar-refractivity contribution >= 4 is 17.6 Å². The van der Waals surface area contributed by atoms with Crippen molar-refractivity contribution in [1.29, 1.82) is 0 Å². The van der Waals surface area contributed by atoms with Crippen LogP contribution in [0.25, 0.3) is 0 Å². The number of anilines is 1. The van der Waals surface area contributed by atoms with Gasteiger partial charge in [-0.25, -0.2) is 9.18 Å². The Hall–Kier alpha value is -2.90. The molecule has 0 aliphatic rings. The number of carbonyl (C=O) groups is 2. The standard InChI is InChI=1S/C15H9F4NO3/c16-12-10(15(17,18)19)6-3-7-11(12)20-13(21)8-4-1-2-5-9(8)14(22)23/h1-7H,(H,20,21)(H,22,23). The van der Waals surface area contributed by atoms with Gasteiger partial charge in [0.1, 0.15) is 0 Å². The van der Waals surface area contributed by atoms with Crippen molar-refractivity contribution in [3.05, 3.63) is 65.0 Å². The van der Waals surface area contributed by atoms with E-state index in [4.69, 9.17) is 5.11 Å². The lowest BCUT2D eigenvalue weighted by Gasteiger charge is -2.12. The number of halogens is 4. The van der Waals surface area contributed by atoms with E-state index in [0.717, 1.165) is 18.2 Å². The number of aromatic carboxylic acids is 1. The van der Waals surface area contributed by atoms with Gasteiger partial charge in [0.15, 0.2) is 5.82 Å². The molecule has 0 bridgehead atoms. The van der Waals surface area contributed by atoms with E-state index in [2.05, 4.69) is 0 Å². The van der Waals surface area contributed by atoms with Crippen molar-refractivity contribution in [2.45, 2.75) is 6.18 Å². The van der Waals surface area contributed by atoms with Gasteiger partial charge in [-0.2, -0.15) is 13.2 Å². The highest BCUT2D eigenvalue weighted by Gasteiger charge is 2.35. The predicted molar refractivity (Wildman–Crippen MR) is 72.8 cm³/mol. The molecule has 0 radical (unpaired) electrons. The fourth-order valence-electron chi connectivity index (χ4n) is 1.90. The molecule has 2 rings (SSSR count). The van der Waals surface area contributed by atoms with Crippen LogP contribution in [0.4, 0.5) is 23.2 Å². The van der Waals surface area contributed by atoms with E-state index >= 15 is 0 Å². The first-order valence-corrected chi connectivity index (χ1v) is 6.21. The van der Waals surface area contributed by atoms with Gasteiger partial charge in [0.05, 0.1) is 22.4 Å². The van der Waals surface area contributed by atoms with Crippen LogP contribution in [-0.4, -0.2) is 17.0 Å². The SMILES string of the molecule is O=C(O)c1ccccc1C(=O)Nc1cccc(C(F)(F)F)c1F. The fraction of sp³-hybridized carbons (Fsp3) is 0.0667. The van der Waals surface area contributed by atoms with Gasteiger partial charge in [0, 0.05) is 0 Å². The average Bonchev–Trinajstić information content (AvgIpc) is 2.48. The van der Waals surface area contributed by atoms with E-state index in [9.17, 15) is 27.2 Å². The molecule has 0 aliphatic carbocycles. The van der Waals surface area contributed by atoms with Gasteiger partial charge in [0.2, 0.25) is 0 Å². The third kappa shape index (κ3) is 3.47. The molecule has 23 heavy (non-hydrogen) atoms. The number of carbonyl (C=O) groups excluding carboxylic acids is 1. The molecule has 2 aromatic rings. The van der Waals surface area contributed by atoms with Crippen molar-refractivity contribution in [2.24, 2.45) is 0 Å². The third-order valence-electron chi connectivity index (χ3n) is 2.95. The number of alkyl halides is 3. The molecule has 0 aromatic heterocycles. The van der Waals surface area contributed by atoms with E-state index in [1.807, 2.05) is 5.32 Å².